The number of morpholine rings is 1. The fraction of sp³-hybridized carbons (Fsp3) is 0.409. The minimum Gasteiger partial charge on any atom is -0.370 e. The molecule has 0 amide bonds. The van der Waals surface area contributed by atoms with E-state index in [-0.39, 0.29) is 11.2 Å². The van der Waals surface area contributed by atoms with Crippen molar-refractivity contribution >= 4 is 16.9 Å². The first-order valence-electron chi connectivity index (χ1n) is 10.7. The first-order chi connectivity index (χ1) is 15.0. The quantitative estimate of drug-likeness (QED) is 0.466. The molecule has 0 radical (unpaired) electrons. The maximum atomic E-state index is 13.4. The van der Waals surface area contributed by atoms with Crippen molar-refractivity contribution < 1.29 is 9.64 Å². The summed E-state index contributed by atoms with van der Waals surface area (Å²) in [4.78, 5) is 32.4. The summed E-state index contributed by atoms with van der Waals surface area (Å²) in [5, 5.41) is 0. The van der Waals surface area contributed by atoms with Gasteiger partial charge in [0, 0.05) is 18.9 Å². The number of rotatable bonds is 5. The summed E-state index contributed by atoms with van der Waals surface area (Å²) in [7, 11) is 1.68. The van der Waals surface area contributed by atoms with Crippen LogP contribution in [-0.4, -0.2) is 55.9 Å². The van der Waals surface area contributed by atoms with Crippen LogP contribution in [0, 0.1) is 6.92 Å². The molecule has 0 spiro atoms. The molecule has 0 aliphatic carbocycles. The molecule has 4 heterocycles. The molecule has 1 fully saturated rings. The summed E-state index contributed by atoms with van der Waals surface area (Å²) in [6.07, 6.45) is 1.93. The smallest absolute Gasteiger partial charge is 0.332 e. The summed E-state index contributed by atoms with van der Waals surface area (Å²) in [5.74, 6) is 0.667. The topological polar surface area (TPSA) is 79.9 Å². The number of aromatic nitrogens is 5. The lowest BCUT2D eigenvalue weighted by Gasteiger charge is -2.23. The number of hydrogen-bond donors (Lipinski definition) is 1. The number of fused-ring (bicyclic) bond motifs is 3. The zero-order chi connectivity index (χ0) is 21.5. The molecule has 1 aliphatic heterocycles. The summed E-state index contributed by atoms with van der Waals surface area (Å²) in [6.45, 7) is 7.00. The Bertz CT molecular complexity index is 1360. The van der Waals surface area contributed by atoms with Gasteiger partial charge in [-0.3, -0.25) is 18.3 Å². The van der Waals surface area contributed by atoms with Crippen molar-refractivity contribution in [2.24, 2.45) is 7.05 Å². The third-order valence-corrected chi connectivity index (χ3v) is 6.21. The zero-order valence-corrected chi connectivity index (χ0v) is 17.9. The molecule has 5 rings (SSSR count). The third-order valence-electron chi connectivity index (χ3n) is 6.21. The van der Waals surface area contributed by atoms with Crippen molar-refractivity contribution in [3.8, 4) is 0 Å². The van der Waals surface area contributed by atoms with E-state index in [9.17, 15) is 9.59 Å². The maximum Gasteiger partial charge on any atom is 0.332 e. The van der Waals surface area contributed by atoms with Crippen LogP contribution in [0.1, 0.15) is 11.3 Å². The molecule has 4 aromatic rings. The molecule has 9 nitrogen and oxygen atoms in total. The molecule has 31 heavy (non-hydrogen) atoms. The van der Waals surface area contributed by atoms with Gasteiger partial charge in [-0.25, -0.2) is 4.79 Å². The molecule has 0 atom stereocenters. The lowest BCUT2D eigenvalue weighted by atomic mass is 10.2. The van der Waals surface area contributed by atoms with Crippen LogP contribution in [-0.2, 0) is 24.9 Å². The van der Waals surface area contributed by atoms with Gasteiger partial charge >= 0.3 is 5.69 Å². The molecule has 9 heteroatoms. The number of ether oxygens (including phenoxy) is 1. The Morgan fingerprint density at radius 2 is 1.84 bits per heavy atom. The SMILES string of the molecule is Cc1cn2c3c(=O)n(CC[NH+]4CCOCC4)c(=O)n(C)c3nc2n1Cc1ccccc1. The van der Waals surface area contributed by atoms with Crippen molar-refractivity contribution in [1.29, 1.82) is 0 Å². The second-order valence-electron chi connectivity index (χ2n) is 8.21. The Hall–Kier alpha value is -3.17. The Kier molecular flexibility index (Phi) is 4.99. The highest BCUT2D eigenvalue weighted by Crippen LogP contribution is 2.17. The van der Waals surface area contributed by atoms with Crippen molar-refractivity contribution in [1.82, 2.24) is 23.1 Å². The zero-order valence-electron chi connectivity index (χ0n) is 17.9. The normalized spacial score (nSPS) is 15.3. The minimum atomic E-state index is -0.322. The highest BCUT2D eigenvalue weighted by Gasteiger charge is 2.21. The Labute approximate surface area is 178 Å². The number of imidazole rings is 2. The number of hydrogen-bond acceptors (Lipinski definition) is 4. The van der Waals surface area contributed by atoms with Crippen molar-refractivity contribution in [2.45, 2.75) is 20.0 Å². The molecule has 162 valence electrons. The van der Waals surface area contributed by atoms with Crippen LogP contribution < -0.4 is 16.1 Å². The van der Waals surface area contributed by atoms with Crippen LogP contribution in [0.4, 0.5) is 0 Å². The lowest BCUT2D eigenvalue weighted by Crippen LogP contribution is -3.14. The van der Waals surface area contributed by atoms with E-state index in [4.69, 9.17) is 9.72 Å². The molecular weight excluding hydrogens is 396 g/mol. The van der Waals surface area contributed by atoms with Crippen LogP contribution in [0.3, 0.4) is 0 Å². The highest BCUT2D eigenvalue weighted by molar-refractivity contribution is 5.75. The summed E-state index contributed by atoms with van der Waals surface area (Å²) in [5.41, 5.74) is 2.42. The van der Waals surface area contributed by atoms with E-state index < -0.39 is 0 Å². The fourth-order valence-corrected chi connectivity index (χ4v) is 4.39. The Morgan fingerprint density at radius 1 is 1.10 bits per heavy atom. The van der Waals surface area contributed by atoms with Crippen LogP contribution >= 0.6 is 0 Å². The molecule has 1 N–H and O–H groups in total. The van der Waals surface area contributed by atoms with Gasteiger partial charge in [0.2, 0.25) is 5.78 Å². The van der Waals surface area contributed by atoms with Gasteiger partial charge in [0.1, 0.15) is 13.1 Å². The predicted molar refractivity (Wildman–Crippen MR) is 117 cm³/mol. The summed E-state index contributed by atoms with van der Waals surface area (Å²) >= 11 is 0. The summed E-state index contributed by atoms with van der Waals surface area (Å²) in [6, 6.07) is 10.1. The number of nitrogens with one attached hydrogen (secondary N) is 1. The van der Waals surface area contributed by atoms with Gasteiger partial charge in [-0.1, -0.05) is 30.3 Å². The van der Waals surface area contributed by atoms with Crippen LogP contribution in [0.25, 0.3) is 16.9 Å². The van der Waals surface area contributed by atoms with Gasteiger partial charge in [0.25, 0.3) is 5.56 Å². The van der Waals surface area contributed by atoms with Gasteiger partial charge in [-0.05, 0) is 12.5 Å². The molecule has 0 saturated carbocycles. The first kappa shape index (κ1) is 19.8. The van der Waals surface area contributed by atoms with Gasteiger partial charge in [0.05, 0.1) is 32.8 Å². The van der Waals surface area contributed by atoms with E-state index in [0.29, 0.717) is 30.0 Å². The van der Waals surface area contributed by atoms with Crippen molar-refractivity contribution in [3.05, 3.63) is 68.6 Å². The van der Waals surface area contributed by atoms with Crippen LogP contribution in [0.2, 0.25) is 0 Å². The third kappa shape index (κ3) is 3.39. The highest BCUT2D eigenvalue weighted by atomic mass is 16.5. The molecule has 1 saturated heterocycles. The second-order valence-corrected chi connectivity index (χ2v) is 8.21. The van der Waals surface area contributed by atoms with E-state index in [0.717, 1.165) is 44.1 Å². The molecule has 1 aliphatic rings. The first-order valence-corrected chi connectivity index (χ1v) is 10.7. The monoisotopic (exact) mass is 423 g/mol. The van der Waals surface area contributed by atoms with E-state index in [2.05, 4.69) is 16.7 Å². The number of nitrogens with zero attached hydrogens (tertiary/aromatic N) is 5. The fourth-order valence-electron chi connectivity index (χ4n) is 4.39. The van der Waals surface area contributed by atoms with Gasteiger partial charge < -0.3 is 14.2 Å². The standard InChI is InChI=1S/C22H26N6O3/c1-16-14-28-18-19(23-21(28)27(16)15-17-6-4-3-5-7-17)24(2)22(30)26(20(18)29)9-8-25-10-12-31-13-11-25/h3-7,14H,8-13,15H2,1-2H3/p+1. The average molecular weight is 423 g/mol. The van der Waals surface area contributed by atoms with E-state index in [1.165, 1.54) is 14.0 Å². The van der Waals surface area contributed by atoms with E-state index in [1.54, 1.807) is 7.05 Å². The Balaban J connectivity index is 1.60. The molecule has 0 unspecified atom stereocenters. The average Bonchev–Trinajstić information content (AvgIpc) is 3.29. The largest absolute Gasteiger partial charge is 0.370 e. The number of quaternary nitrogens is 1. The number of aryl methyl sites for hydroxylation is 2. The van der Waals surface area contributed by atoms with Crippen molar-refractivity contribution in [3.63, 3.8) is 0 Å². The van der Waals surface area contributed by atoms with Gasteiger partial charge in [-0.2, -0.15) is 4.98 Å². The molecule has 3 aromatic heterocycles. The van der Waals surface area contributed by atoms with Gasteiger partial charge in [-0.15, -0.1) is 0 Å². The minimum absolute atomic E-state index is 0.282. The number of benzene rings is 1. The lowest BCUT2D eigenvalue weighted by molar-refractivity contribution is -0.908. The second kappa shape index (κ2) is 7.82. The summed E-state index contributed by atoms with van der Waals surface area (Å²) < 4.78 is 12.1. The van der Waals surface area contributed by atoms with Crippen LogP contribution in [0.15, 0.2) is 46.1 Å². The van der Waals surface area contributed by atoms with E-state index in [1.807, 2.05) is 35.7 Å². The van der Waals surface area contributed by atoms with E-state index >= 15 is 0 Å². The molecule has 0 bridgehead atoms. The Morgan fingerprint density at radius 3 is 2.58 bits per heavy atom. The molecule has 1 aromatic carbocycles. The predicted octanol–water partition coefficient (Wildman–Crippen LogP) is -0.579. The van der Waals surface area contributed by atoms with Crippen LogP contribution in [0.5, 0.6) is 0 Å². The van der Waals surface area contributed by atoms with Crippen molar-refractivity contribution in [2.75, 3.05) is 32.8 Å². The molecular formula is C22H27N6O3+. The maximum absolute atomic E-state index is 13.4. The van der Waals surface area contributed by atoms with Gasteiger partial charge in [0.15, 0.2) is 11.2 Å².